The van der Waals surface area contributed by atoms with Crippen molar-refractivity contribution in [1.29, 1.82) is 0 Å². The summed E-state index contributed by atoms with van der Waals surface area (Å²) < 4.78 is 24.4. The minimum absolute atomic E-state index is 0.0409. The maximum atomic E-state index is 11.3. The zero-order valence-electron chi connectivity index (χ0n) is 13.3. The topological polar surface area (TPSA) is 102 Å². The van der Waals surface area contributed by atoms with Gasteiger partial charge in [-0.15, -0.1) is 10.2 Å². The number of nitrogens with two attached hydrogens (primary N) is 1. The number of imidazole rings is 1. The molecule has 0 unspecified atom stereocenters. The predicted octanol–water partition coefficient (Wildman–Crippen LogP) is 3.52. The van der Waals surface area contributed by atoms with Gasteiger partial charge in [-0.1, -0.05) is 19.9 Å². The molecule has 0 aliphatic carbocycles. The molecule has 24 heavy (non-hydrogen) atoms. The van der Waals surface area contributed by atoms with Gasteiger partial charge in [-0.3, -0.25) is 4.40 Å². The molecule has 0 bridgehead atoms. The molecule has 0 atom stereocenters. The molecule has 2 aromatic heterocycles. The van der Waals surface area contributed by atoms with Crippen LogP contribution in [0.25, 0.3) is 5.65 Å². The van der Waals surface area contributed by atoms with Crippen molar-refractivity contribution in [1.82, 2.24) is 9.38 Å². The van der Waals surface area contributed by atoms with Crippen molar-refractivity contribution in [2.75, 3.05) is 0 Å². The summed E-state index contributed by atoms with van der Waals surface area (Å²) in [5.41, 5.74) is 2.19. The van der Waals surface area contributed by atoms with Crippen molar-refractivity contribution in [2.45, 2.75) is 24.7 Å². The number of aromatic nitrogens is 2. The Kier molecular flexibility index (Phi) is 4.16. The molecule has 0 aliphatic rings. The number of azo groups is 1. The third kappa shape index (κ3) is 3.19. The Balaban J connectivity index is 2.00. The molecule has 3 aromatic rings. The van der Waals surface area contributed by atoms with E-state index in [1.165, 1.54) is 12.1 Å². The fraction of sp³-hybridized carbons (Fsp3) is 0.188. The Bertz CT molecular complexity index is 1000. The molecule has 2 N–H and O–H groups in total. The molecule has 0 radical (unpaired) electrons. The number of primary sulfonamides is 1. The molecule has 0 spiro atoms. The number of fused-ring (bicyclic) bond motifs is 1. The first-order valence-corrected chi connectivity index (χ1v) is 8.92. The molecule has 0 fully saturated rings. The SMILES string of the molecule is CC(C)c1nc2ccccn2c1N=Nc1ccc(S(N)(=O)=O)cc1. The Hall–Kier alpha value is -2.58. The minimum atomic E-state index is -3.71. The molecule has 2 heterocycles. The highest BCUT2D eigenvalue weighted by Crippen LogP contribution is 2.29. The van der Waals surface area contributed by atoms with Crippen molar-refractivity contribution >= 4 is 27.2 Å². The van der Waals surface area contributed by atoms with Crippen LogP contribution in [0, 0.1) is 0 Å². The van der Waals surface area contributed by atoms with E-state index in [1.807, 2.05) is 42.6 Å². The minimum Gasteiger partial charge on any atom is -0.283 e. The first-order chi connectivity index (χ1) is 11.4. The highest BCUT2D eigenvalue weighted by atomic mass is 32.2. The summed E-state index contributed by atoms with van der Waals surface area (Å²) in [5.74, 6) is 0.861. The van der Waals surface area contributed by atoms with Gasteiger partial charge in [-0.2, -0.15) is 0 Å². The van der Waals surface area contributed by atoms with Crippen LogP contribution in [0.3, 0.4) is 0 Å². The number of nitrogens with zero attached hydrogens (tertiary/aromatic N) is 4. The second-order valence-electron chi connectivity index (χ2n) is 5.64. The zero-order valence-corrected chi connectivity index (χ0v) is 14.1. The van der Waals surface area contributed by atoms with Crippen LogP contribution < -0.4 is 5.14 Å². The molecule has 0 amide bonds. The number of hydrogen-bond donors (Lipinski definition) is 1. The molecule has 7 nitrogen and oxygen atoms in total. The van der Waals surface area contributed by atoms with E-state index < -0.39 is 10.0 Å². The average molecular weight is 343 g/mol. The van der Waals surface area contributed by atoms with Crippen molar-refractivity contribution in [3.63, 3.8) is 0 Å². The van der Waals surface area contributed by atoms with E-state index >= 15 is 0 Å². The maximum Gasteiger partial charge on any atom is 0.238 e. The molecule has 0 saturated carbocycles. The van der Waals surface area contributed by atoms with E-state index in [4.69, 9.17) is 5.14 Å². The summed E-state index contributed by atoms with van der Waals surface area (Å²) in [5, 5.41) is 13.6. The summed E-state index contributed by atoms with van der Waals surface area (Å²) in [7, 11) is -3.71. The van der Waals surface area contributed by atoms with E-state index in [9.17, 15) is 8.42 Å². The normalized spacial score (nSPS) is 12.5. The van der Waals surface area contributed by atoms with Crippen LogP contribution >= 0.6 is 0 Å². The summed E-state index contributed by atoms with van der Waals surface area (Å²) in [6.45, 7) is 4.09. The standard InChI is InChI=1S/C16H17N5O2S/c1-11(2)15-16(21-10-4-3-5-14(21)18-15)20-19-12-6-8-13(9-7-12)24(17,22)23/h3-11H,1-2H3,(H2,17,22,23). The summed E-state index contributed by atoms with van der Waals surface area (Å²) in [4.78, 5) is 4.63. The smallest absolute Gasteiger partial charge is 0.238 e. The molecule has 3 rings (SSSR count). The Morgan fingerprint density at radius 3 is 2.42 bits per heavy atom. The van der Waals surface area contributed by atoms with Gasteiger partial charge in [-0.25, -0.2) is 18.5 Å². The van der Waals surface area contributed by atoms with Crippen molar-refractivity contribution < 1.29 is 8.42 Å². The van der Waals surface area contributed by atoms with Gasteiger partial charge in [-0.05, 0) is 42.3 Å². The monoisotopic (exact) mass is 343 g/mol. The number of sulfonamides is 1. The lowest BCUT2D eigenvalue weighted by molar-refractivity contribution is 0.598. The van der Waals surface area contributed by atoms with Gasteiger partial charge in [0.05, 0.1) is 16.3 Å². The second-order valence-corrected chi connectivity index (χ2v) is 7.20. The van der Waals surface area contributed by atoms with Gasteiger partial charge < -0.3 is 0 Å². The third-order valence-corrected chi connectivity index (χ3v) is 4.43. The van der Waals surface area contributed by atoms with Crippen LogP contribution in [0.5, 0.6) is 0 Å². The van der Waals surface area contributed by atoms with Crippen LogP contribution in [0.4, 0.5) is 11.5 Å². The first kappa shape index (κ1) is 16.3. The maximum absolute atomic E-state index is 11.3. The molecule has 0 aliphatic heterocycles. The van der Waals surface area contributed by atoms with Crippen LogP contribution in [-0.2, 0) is 10.0 Å². The van der Waals surface area contributed by atoms with E-state index in [1.54, 1.807) is 12.1 Å². The van der Waals surface area contributed by atoms with Crippen LogP contribution in [0.15, 0.2) is 63.8 Å². The van der Waals surface area contributed by atoms with Crippen LogP contribution in [-0.4, -0.2) is 17.8 Å². The fourth-order valence-corrected chi connectivity index (χ4v) is 2.81. The Morgan fingerprint density at radius 1 is 1.08 bits per heavy atom. The summed E-state index contributed by atoms with van der Waals surface area (Å²) in [6.07, 6.45) is 1.88. The van der Waals surface area contributed by atoms with Gasteiger partial charge in [0, 0.05) is 6.20 Å². The average Bonchev–Trinajstić information content (AvgIpc) is 2.91. The summed E-state index contributed by atoms with van der Waals surface area (Å²) in [6, 6.07) is 11.6. The number of benzene rings is 1. The number of hydrogen-bond acceptors (Lipinski definition) is 5. The molecule has 8 heteroatoms. The Morgan fingerprint density at radius 2 is 1.79 bits per heavy atom. The van der Waals surface area contributed by atoms with E-state index in [0.29, 0.717) is 11.5 Å². The fourth-order valence-electron chi connectivity index (χ4n) is 2.30. The molecule has 1 aromatic carbocycles. The van der Waals surface area contributed by atoms with Crippen molar-refractivity contribution in [2.24, 2.45) is 15.4 Å². The van der Waals surface area contributed by atoms with E-state index in [-0.39, 0.29) is 10.8 Å². The van der Waals surface area contributed by atoms with Gasteiger partial charge in [0.1, 0.15) is 5.65 Å². The molecular weight excluding hydrogens is 326 g/mol. The number of pyridine rings is 1. The lowest BCUT2D eigenvalue weighted by Crippen LogP contribution is -2.11. The van der Waals surface area contributed by atoms with Crippen molar-refractivity contribution in [3.05, 3.63) is 54.4 Å². The lowest BCUT2D eigenvalue weighted by Gasteiger charge is -2.02. The van der Waals surface area contributed by atoms with Gasteiger partial charge >= 0.3 is 0 Å². The van der Waals surface area contributed by atoms with Crippen LogP contribution in [0.2, 0.25) is 0 Å². The zero-order chi connectivity index (χ0) is 17.3. The number of rotatable bonds is 4. The Labute approximate surface area is 139 Å². The van der Waals surface area contributed by atoms with E-state index in [2.05, 4.69) is 15.2 Å². The highest BCUT2D eigenvalue weighted by molar-refractivity contribution is 7.89. The highest BCUT2D eigenvalue weighted by Gasteiger charge is 2.14. The largest absolute Gasteiger partial charge is 0.283 e. The molecule has 0 saturated heterocycles. The van der Waals surface area contributed by atoms with Gasteiger partial charge in [0.2, 0.25) is 10.0 Å². The van der Waals surface area contributed by atoms with Crippen molar-refractivity contribution in [3.8, 4) is 0 Å². The third-order valence-electron chi connectivity index (χ3n) is 3.50. The first-order valence-electron chi connectivity index (χ1n) is 7.38. The second kappa shape index (κ2) is 6.14. The predicted molar refractivity (Wildman–Crippen MR) is 91.3 cm³/mol. The molecule has 124 valence electrons. The molecular formula is C16H17N5O2S. The lowest BCUT2D eigenvalue weighted by atomic mass is 10.1. The van der Waals surface area contributed by atoms with Crippen LogP contribution in [0.1, 0.15) is 25.5 Å². The van der Waals surface area contributed by atoms with E-state index in [0.717, 1.165) is 11.3 Å². The quantitative estimate of drug-likeness (QED) is 0.733. The summed E-state index contributed by atoms with van der Waals surface area (Å²) >= 11 is 0. The van der Waals surface area contributed by atoms with Gasteiger partial charge in [0.15, 0.2) is 5.82 Å². The van der Waals surface area contributed by atoms with Gasteiger partial charge in [0.25, 0.3) is 0 Å².